The van der Waals surface area contributed by atoms with Crippen molar-refractivity contribution in [2.45, 2.75) is 127 Å². The van der Waals surface area contributed by atoms with Crippen molar-refractivity contribution in [2.75, 3.05) is 13.2 Å². The van der Waals surface area contributed by atoms with Crippen LogP contribution in [0.25, 0.3) is 10.8 Å². The summed E-state index contributed by atoms with van der Waals surface area (Å²) in [6, 6.07) is 7.14. The highest BCUT2D eigenvalue weighted by atomic mass is 32.2. The third kappa shape index (κ3) is 8.86. The van der Waals surface area contributed by atoms with Gasteiger partial charge in [0.2, 0.25) is 33.6 Å². The van der Waals surface area contributed by atoms with Crippen molar-refractivity contribution in [3.05, 3.63) is 42.5 Å². The molecular formula is C40H55N5O9S. The van der Waals surface area contributed by atoms with Crippen molar-refractivity contribution < 1.29 is 41.8 Å². The normalized spacial score (nSPS) is 29.5. The predicted octanol–water partition coefficient (Wildman–Crippen LogP) is 4.76. The summed E-state index contributed by atoms with van der Waals surface area (Å²) < 4.78 is 45.4. The number of pyridine rings is 1. The van der Waals surface area contributed by atoms with E-state index < -0.39 is 73.8 Å². The number of nitrogens with one attached hydrogen (secondary N) is 3. The first kappa shape index (κ1) is 40.3. The van der Waals surface area contributed by atoms with E-state index in [9.17, 15) is 27.6 Å². The number of rotatable bonds is 8. The largest absolute Gasteiger partial charge is 0.478 e. The summed E-state index contributed by atoms with van der Waals surface area (Å²) in [5.74, 6) is -1.94. The zero-order chi connectivity index (χ0) is 39.9. The molecule has 1 saturated heterocycles. The average molecular weight is 782 g/mol. The number of allylic oxidation sites excluding steroid dienone is 1. The van der Waals surface area contributed by atoms with Crippen LogP contribution in [0.2, 0.25) is 0 Å². The van der Waals surface area contributed by atoms with Gasteiger partial charge in [0.1, 0.15) is 29.3 Å². The van der Waals surface area contributed by atoms with E-state index in [-0.39, 0.29) is 37.1 Å². The Kier molecular flexibility index (Phi) is 11.2. The second kappa shape index (κ2) is 15.3. The molecule has 0 radical (unpaired) electrons. The molecule has 3 fully saturated rings. The fraction of sp³-hybridized carbons (Fsp3) is 0.625. The van der Waals surface area contributed by atoms with Gasteiger partial charge in [0.15, 0.2) is 0 Å². The van der Waals surface area contributed by atoms with E-state index in [1.165, 1.54) is 4.90 Å². The number of sulfonamides is 1. The van der Waals surface area contributed by atoms with Gasteiger partial charge in [-0.05, 0) is 96.4 Å². The van der Waals surface area contributed by atoms with Gasteiger partial charge in [-0.2, -0.15) is 4.98 Å². The molecule has 2 aliphatic carbocycles. The molecule has 1 aromatic carbocycles. The number of hydrogen-bond acceptors (Lipinski definition) is 10. The van der Waals surface area contributed by atoms with Crippen molar-refractivity contribution in [1.82, 2.24) is 25.2 Å². The molecule has 300 valence electrons. The van der Waals surface area contributed by atoms with E-state index in [0.717, 1.165) is 11.8 Å². The molecular weight excluding hydrogens is 727 g/mol. The lowest BCUT2D eigenvalue weighted by atomic mass is 9.88. The van der Waals surface area contributed by atoms with Gasteiger partial charge in [-0.25, -0.2) is 13.2 Å². The van der Waals surface area contributed by atoms with Crippen LogP contribution in [-0.2, 0) is 29.1 Å². The van der Waals surface area contributed by atoms with Crippen LogP contribution in [0, 0.1) is 17.8 Å². The smallest absolute Gasteiger partial charge is 0.408 e. The number of nitrogens with zero attached hydrogens (tertiary/aromatic N) is 2. The number of amides is 4. The van der Waals surface area contributed by atoms with Gasteiger partial charge >= 0.3 is 6.09 Å². The lowest BCUT2D eigenvalue weighted by Gasteiger charge is -2.33. The molecule has 6 rings (SSSR count). The lowest BCUT2D eigenvalue weighted by molar-refractivity contribution is -0.142. The number of fused-ring (bicyclic) bond motifs is 3. The maximum atomic E-state index is 14.8. The molecule has 7 atom stereocenters. The Balaban J connectivity index is 1.36. The molecule has 14 nitrogen and oxygen atoms in total. The topological polar surface area (TPSA) is 182 Å². The molecule has 3 heterocycles. The first-order valence-corrected chi connectivity index (χ1v) is 20.9. The van der Waals surface area contributed by atoms with Crippen LogP contribution < -0.4 is 24.8 Å². The number of aromatic nitrogens is 1. The molecule has 7 unspecified atom stereocenters. The zero-order valence-corrected chi connectivity index (χ0v) is 33.7. The van der Waals surface area contributed by atoms with Crippen molar-refractivity contribution in [2.24, 2.45) is 17.8 Å². The molecule has 4 amide bonds. The minimum absolute atomic E-state index is 0.0319. The molecule has 2 saturated carbocycles. The van der Waals surface area contributed by atoms with Gasteiger partial charge in [-0.3, -0.25) is 19.1 Å². The molecule has 0 spiro atoms. The maximum Gasteiger partial charge on any atom is 0.408 e. The van der Waals surface area contributed by atoms with E-state index in [1.54, 1.807) is 27.7 Å². The number of alkyl carbamates (subject to hydrolysis) is 1. The standard InChI is InChI=1S/C40H55N5O9S/c1-8-52-31-20-26-14-10-12-16-29(26)34(41-31)53-28-21-30-33(46)43-40(36(48)44-55(50,51)39(7)17-18-39)22-27(40)15-11-9-13-24(2)19-25(3)32(35(47)45(30)23-28)42-37(49)54-38(4,5)6/h10-12,14-16,20,24-25,27-28,30,32H,8-9,13,17-19,21-23H2,1-7H3,(H,42,49)(H,43,46)(H,44,48). The molecule has 15 heteroatoms. The second-order valence-electron chi connectivity index (χ2n) is 17.0. The summed E-state index contributed by atoms with van der Waals surface area (Å²) in [5.41, 5.74) is -2.35. The van der Waals surface area contributed by atoms with Crippen molar-refractivity contribution in [1.29, 1.82) is 0 Å². The Morgan fingerprint density at radius 3 is 2.53 bits per heavy atom. The summed E-state index contributed by atoms with van der Waals surface area (Å²) in [7, 11) is -4.00. The Bertz CT molecular complexity index is 1960. The number of benzene rings is 1. The van der Waals surface area contributed by atoms with Crippen molar-refractivity contribution >= 4 is 44.6 Å². The molecule has 0 bridgehead atoms. The molecule has 2 aromatic rings. The first-order chi connectivity index (χ1) is 25.8. The fourth-order valence-electron chi connectivity index (χ4n) is 7.64. The summed E-state index contributed by atoms with van der Waals surface area (Å²) in [6.45, 7) is 13.0. The van der Waals surface area contributed by atoms with Gasteiger partial charge < -0.3 is 29.7 Å². The van der Waals surface area contributed by atoms with Gasteiger partial charge in [0.05, 0.1) is 17.9 Å². The van der Waals surface area contributed by atoms with Crippen molar-refractivity contribution in [3.63, 3.8) is 0 Å². The highest BCUT2D eigenvalue weighted by molar-refractivity contribution is 7.91. The number of carbonyl (C=O) groups is 4. The Morgan fingerprint density at radius 1 is 1.11 bits per heavy atom. The quantitative estimate of drug-likeness (QED) is 0.316. The molecule has 2 aliphatic heterocycles. The predicted molar refractivity (Wildman–Crippen MR) is 206 cm³/mol. The second-order valence-corrected chi connectivity index (χ2v) is 19.2. The van der Waals surface area contributed by atoms with E-state index in [4.69, 9.17) is 14.2 Å². The fourth-order valence-corrected chi connectivity index (χ4v) is 8.96. The third-order valence-electron chi connectivity index (χ3n) is 11.2. The summed E-state index contributed by atoms with van der Waals surface area (Å²) in [5, 5.41) is 7.27. The number of carbonyl (C=O) groups excluding carboxylic acids is 4. The first-order valence-electron chi connectivity index (χ1n) is 19.4. The summed E-state index contributed by atoms with van der Waals surface area (Å²) >= 11 is 0. The highest BCUT2D eigenvalue weighted by Crippen LogP contribution is 2.47. The molecule has 1 aromatic heterocycles. The van der Waals surface area contributed by atoms with Crippen LogP contribution in [0.5, 0.6) is 11.8 Å². The van der Waals surface area contributed by atoms with Gasteiger partial charge in [-0.1, -0.05) is 44.2 Å². The summed E-state index contributed by atoms with van der Waals surface area (Å²) in [6.07, 6.45) is 5.49. The minimum atomic E-state index is -4.00. The van der Waals surface area contributed by atoms with Crippen LogP contribution in [0.15, 0.2) is 42.5 Å². The molecule has 3 N–H and O–H groups in total. The zero-order valence-electron chi connectivity index (χ0n) is 32.8. The summed E-state index contributed by atoms with van der Waals surface area (Å²) in [4.78, 5) is 62.5. The van der Waals surface area contributed by atoms with Crippen LogP contribution in [0.3, 0.4) is 0 Å². The number of hydrogen-bond donors (Lipinski definition) is 3. The average Bonchev–Trinajstić information content (AvgIpc) is 3.98. The van der Waals surface area contributed by atoms with E-state index in [1.807, 2.05) is 56.3 Å². The van der Waals surface area contributed by atoms with Gasteiger partial charge in [0.25, 0.3) is 5.91 Å². The van der Waals surface area contributed by atoms with E-state index in [2.05, 4.69) is 27.3 Å². The van der Waals surface area contributed by atoms with E-state index in [0.29, 0.717) is 43.6 Å². The van der Waals surface area contributed by atoms with Gasteiger partial charge in [0, 0.05) is 23.8 Å². The molecule has 55 heavy (non-hydrogen) atoms. The minimum Gasteiger partial charge on any atom is -0.478 e. The lowest BCUT2D eigenvalue weighted by Crippen LogP contribution is -2.59. The van der Waals surface area contributed by atoms with Crippen LogP contribution in [0.4, 0.5) is 4.79 Å². The SMILES string of the molecule is CCOc1cc2ccccc2c(OC2CC3C(=O)NC4(C(=O)NS(=O)(=O)C5(C)CC5)CC4C=CCCC(C)CC(C)C(NC(=O)OC(C)(C)C)C(=O)N3C2)n1. The Hall–Kier alpha value is -4.40. The third-order valence-corrected chi connectivity index (χ3v) is 13.3. The Labute approximate surface area is 323 Å². The maximum absolute atomic E-state index is 14.8. The number of ether oxygens (including phenoxy) is 3. The van der Waals surface area contributed by atoms with Crippen LogP contribution >= 0.6 is 0 Å². The van der Waals surface area contributed by atoms with E-state index >= 15 is 0 Å². The van der Waals surface area contributed by atoms with Crippen molar-refractivity contribution in [3.8, 4) is 11.8 Å². The molecule has 4 aliphatic rings. The van der Waals surface area contributed by atoms with Gasteiger partial charge in [-0.15, -0.1) is 0 Å². The monoisotopic (exact) mass is 781 g/mol. The van der Waals surface area contributed by atoms with Crippen LogP contribution in [0.1, 0.15) is 93.4 Å². The van der Waals surface area contributed by atoms with Crippen LogP contribution in [-0.4, -0.2) is 89.3 Å². The Morgan fingerprint density at radius 2 is 1.84 bits per heavy atom. The highest BCUT2D eigenvalue weighted by Gasteiger charge is 2.63.